The van der Waals surface area contributed by atoms with Crippen molar-refractivity contribution >= 4 is 17.3 Å². The van der Waals surface area contributed by atoms with Crippen molar-refractivity contribution in [1.82, 2.24) is 0 Å². The van der Waals surface area contributed by atoms with Gasteiger partial charge in [0.05, 0.1) is 0 Å². The number of nitrogens with two attached hydrogens (primary N) is 1. The first kappa shape index (κ1) is 15.3. The minimum absolute atomic E-state index is 0.160. The molecule has 1 aromatic carbocycles. The second-order valence-electron chi connectivity index (χ2n) is 5.55. The van der Waals surface area contributed by atoms with Gasteiger partial charge in [-0.05, 0) is 43.9 Å². The van der Waals surface area contributed by atoms with Crippen LogP contribution >= 0.6 is 11.6 Å². The third-order valence-corrected chi connectivity index (χ3v) is 3.78. The predicted octanol–water partition coefficient (Wildman–Crippen LogP) is 3.71. The molecule has 0 aromatic heterocycles. The van der Waals surface area contributed by atoms with Crippen molar-refractivity contribution in [2.24, 2.45) is 11.7 Å². The summed E-state index contributed by atoms with van der Waals surface area (Å²) in [7, 11) is 2.13. The molecular weight excluding hydrogens is 244 g/mol. The van der Waals surface area contributed by atoms with E-state index in [4.69, 9.17) is 17.3 Å². The zero-order valence-corrected chi connectivity index (χ0v) is 12.8. The summed E-state index contributed by atoms with van der Waals surface area (Å²) >= 11 is 6.12. The van der Waals surface area contributed by atoms with E-state index in [1.54, 1.807) is 0 Å². The first-order valence-corrected chi connectivity index (χ1v) is 6.97. The molecule has 3 heteroatoms. The summed E-state index contributed by atoms with van der Waals surface area (Å²) in [6.07, 6.45) is 0.877. The Morgan fingerprint density at radius 3 is 2.33 bits per heavy atom. The number of hydrogen-bond donors (Lipinski definition) is 1. The molecule has 2 unspecified atom stereocenters. The van der Waals surface area contributed by atoms with Gasteiger partial charge in [-0.2, -0.15) is 0 Å². The number of hydrogen-bond acceptors (Lipinski definition) is 2. The fourth-order valence-electron chi connectivity index (χ4n) is 2.05. The molecule has 0 fully saturated rings. The van der Waals surface area contributed by atoms with E-state index in [1.165, 1.54) is 11.3 Å². The van der Waals surface area contributed by atoms with E-state index >= 15 is 0 Å². The van der Waals surface area contributed by atoms with E-state index in [-0.39, 0.29) is 6.04 Å². The molecule has 1 rings (SSSR count). The zero-order valence-electron chi connectivity index (χ0n) is 12.1. The lowest BCUT2D eigenvalue weighted by atomic mass is 10.0. The minimum atomic E-state index is 0.160. The predicted molar refractivity (Wildman–Crippen MR) is 81.5 cm³/mol. The van der Waals surface area contributed by atoms with Crippen molar-refractivity contribution in [3.63, 3.8) is 0 Å². The average Bonchev–Trinajstić information content (AvgIpc) is 2.28. The van der Waals surface area contributed by atoms with Gasteiger partial charge in [0, 0.05) is 29.8 Å². The molecular formula is C15H25ClN2. The largest absolute Gasteiger partial charge is 0.371 e. The summed E-state index contributed by atoms with van der Waals surface area (Å²) in [5.41, 5.74) is 8.38. The average molecular weight is 269 g/mol. The summed E-state index contributed by atoms with van der Waals surface area (Å²) in [6.45, 7) is 8.74. The summed E-state index contributed by atoms with van der Waals surface area (Å²) in [5.74, 6) is 0.595. The van der Waals surface area contributed by atoms with Crippen molar-refractivity contribution < 1.29 is 0 Å². The standard InChI is InChI=1S/C15H25ClN2/c1-10(2)12(4)18(5)15-9-14(16)7-6-13(15)8-11(3)17/h6-7,9-12H,8,17H2,1-5H3. The van der Waals surface area contributed by atoms with Gasteiger partial charge in [-0.1, -0.05) is 31.5 Å². The molecule has 0 spiro atoms. The molecule has 0 saturated heterocycles. The highest BCUT2D eigenvalue weighted by molar-refractivity contribution is 6.30. The van der Waals surface area contributed by atoms with Gasteiger partial charge in [-0.15, -0.1) is 0 Å². The Bertz CT molecular complexity index is 388. The minimum Gasteiger partial charge on any atom is -0.371 e. The summed E-state index contributed by atoms with van der Waals surface area (Å²) < 4.78 is 0. The van der Waals surface area contributed by atoms with E-state index < -0.39 is 0 Å². The van der Waals surface area contributed by atoms with Gasteiger partial charge in [0.1, 0.15) is 0 Å². The van der Waals surface area contributed by atoms with Crippen LogP contribution in [0, 0.1) is 5.92 Å². The van der Waals surface area contributed by atoms with Gasteiger partial charge in [-0.3, -0.25) is 0 Å². The lowest BCUT2D eigenvalue weighted by Gasteiger charge is -2.32. The van der Waals surface area contributed by atoms with E-state index in [9.17, 15) is 0 Å². The Hall–Kier alpha value is -0.730. The topological polar surface area (TPSA) is 29.3 Å². The van der Waals surface area contributed by atoms with Gasteiger partial charge in [0.25, 0.3) is 0 Å². The van der Waals surface area contributed by atoms with Crippen LogP contribution in [0.5, 0.6) is 0 Å². The molecule has 2 atom stereocenters. The zero-order chi connectivity index (χ0) is 13.9. The van der Waals surface area contributed by atoms with Crippen molar-refractivity contribution in [1.29, 1.82) is 0 Å². The van der Waals surface area contributed by atoms with Gasteiger partial charge in [-0.25, -0.2) is 0 Å². The van der Waals surface area contributed by atoms with E-state index in [0.29, 0.717) is 12.0 Å². The van der Waals surface area contributed by atoms with Crippen molar-refractivity contribution in [3.8, 4) is 0 Å². The Morgan fingerprint density at radius 2 is 1.83 bits per heavy atom. The van der Waals surface area contributed by atoms with Crippen LogP contribution in [0.4, 0.5) is 5.69 Å². The SMILES string of the molecule is CC(N)Cc1ccc(Cl)cc1N(C)C(C)C(C)C. The highest BCUT2D eigenvalue weighted by Gasteiger charge is 2.17. The molecule has 0 radical (unpaired) electrons. The highest BCUT2D eigenvalue weighted by Crippen LogP contribution is 2.28. The van der Waals surface area contributed by atoms with E-state index in [2.05, 4.69) is 38.8 Å². The highest BCUT2D eigenvalue weighted by atomic mass is 35.5. The first-order valence-electron chi connectivity index (χ1n) is 6.59. The molecule has 18 heavy (non-hydrogen) atoms. The third kappa shape index (κ3) is 3.89. The summed E-state index contributed by atoms with van der Waals surface area (Å²) in [5, 5.41) is 0.779. The molecule has 0 saturated carbocycles. The second-order valence-corrected chi connectivity index (χ2v) is 5.99. The normalized spacial score (nSPS) is 14.7. The van der Waals surface area contributed by atoms with Crippen LogP contribution in [-0.4, -0.2) is 19.1 Å². The van der Waals surface area contributed by atoms with Crippen LogP contribution in [0.2, 0.25) is 5.02 Å². The van der Waals surface area contributed by atoms with Gasteiger partial charge in [0.2, 0.25) is 0 Å². The van der Waals surface area contributed by atoms with Gasteiger partial charge >= 0.3 is 0 Å². The number of benzene rings is 1. The molecule has 1 aromatic rings. The summed E-state index contributed by atoms with van der Waals surface area (Å²) in [4.78, 5) is 2.30. The van der Waals surface area contributed by atoms with Crippen LogP contribution in [-0.2, 0) is 6.42 Å². The fraction of sp³-hybridized carbons (Fsp3) is 0.600. The Morgan fingerprint density at radius 1 is 1.22 bits per heavy atom. The van der Waals surface area contributed by atoms with E-state index in [0.717, 1.165) is 11.4 Å². The molecule has 0 aliphatic rings. The second kappa shape index (κ2) is 6.44. The molecule has 2 N–H and O–H groups in total. The summed E-state index contributed by atoms with van der Waals surface area (Å²) in [6, 6.07) is 6.70. The van der Waals surface area contributed by atoms with Crippen molar-refractivity contribution in [2.45, 2.75) is 46.2 Å². The smallest absolute Gasteiger partial charge is 0.0426 e. The maximum atomic E-state index is 6.12. The number of nitrogens with zero attached hydrogens (tertiary/aromatic N) is 1. The molecule has 2 nitrogen and oxygen atoms in total. The maximum Gasteiger partial charge on any atom is 0.0426 e. The third-order valence-electron chi connectivity index (χ3n) is 3.54. The molecule has 0 heterocycles. The number of halogens is 1. The maximum absolute atomic E-state index is 6.12. The lowest BCUT2D eigenvalue weighted by Crippen LogP contribution is -2.34. The molecule has 0 aliphatic heterocycles. The Kier molecular flexibility index (Phi) is 5.48. The van der Waals surface area contributed by atoms with Crippen LogP contribution in [0.3, 0.4) is 0 Å². The van der Waals surface area contributed by atoms with E-state index in [1.807, 2.05) is 19.1 Å². The van der Waals surface area contributed by atoms with Crippen molar-refractivity contribution in [3.05, 3.63) is 28.8 Å². The van der Waals surface area contributed by atoms with Crippen molar-refractivity contribution in [2.75, 3.05) is 11.9 Å². The first-order chi connectivity index (χ1) is 8.32. The monoisotopic (exact) mass is 268 g/mol. The van der Waals surface area contributed by atoms with Crippen LogP contribution in [0.1, 0.15) is 33.3 Å². The van der Waals surface area contributed by atoms with Crippen LogP contribution < -0.4 is 10.6 Å². The Balaban J connectivity index is 3.08. The van der Waals surface area contributed by atoms with Crippen LogP contribution in [0.15, 0.2) is 18.2 Å². The van der Waals surface area contributed by atoms with Crippen LogP contribution in [0.25, 0.3) is 0 Å². The van der Waals surface area contributed by atoms with Gasteiger partial charge in [0.15, 0.2) is 0 Å². The number of rotatable bonds is 5. The number of anilines is 1. The lowest BCUT2D eigenvalue weighted by molar-refractivity contribution is 0.504. The fourth-order valence-corrected chi connectivity index (χ4v) is 2.22. The molecule has 0 bridgehead atoms. The molecule has 0 aliphatic carbocycles. The molecule has 0 amide bonds. The Labute approximate surface area is 116 Å². The molecule has 102 valence electrons. The quantitative estimate of drug-likeness (QED) is 0.882. The van der Waals surface area contributed by atoms with Gasteiger partial charge < -0.3 is 10.6 Å².